The average Bonchev–Trinajstić information content (AvgIpc) is 2.97. The predicted octanol–water partition coefficient (Wildman–Crippen LogP) is -0.428. The largest absolute Gasteiger partial charge is 0.352 e. The van der Waals surface area contributed by atoms with Gasteiger partial charge in [0.15, 0.2) is 0 Å². The Morgan fingerprint density at radius 2 is 2.44 bits per heavy atom. The number of hydrogen-bond acceptors (Lipinski definition) is 4. The van der Waals surface area contributed by atoms with Gasteiger partial charge in [-0.15, -0.1) is 0 Å². The van der Waals surface area contributed by atoms with Crippen LogP contribution in [0.4, 0.5) is 0 Å². The van der Waals surface area contributed by atoms with Crippen LogP contribution in [0.2, 0.25) is 0 Å². The van der Waals surface area contributed by atoms with Crippen molar-refractivity contribution >= 4 is 5.91 Å². The molecular weight excluding hydrogens is 206 g/mol. The topological polar surface area (TPSA) is 71.8 Å². The number of hydrogen-bond donors (Lipinski definition) is 2. The molecule has 1 aliphatic rings. The van der Waals surface area contributed by atoms with Crippen LogP contribution >= 0.6 is 0 Å². The number of nitrogens with zero attached hydrogens (tertiary/aromatic N) is 3. The van der Waals surface area contributed by atoms with Gasteiger partial charge in [0.2, 0.25) is 5.91 Å². The molecule has 0 aromatic carbocycles. The second-order valence-electron chi connectivity index (χ2n) is 4.19. The minimum atomic E-state index is -0.197. The summed E-state index contributed by atoms with van der Waals surface area (Å²) in [7, 11) is 1.83. The molecule has 1 fully saturated rings. The van der Waals surface area contributed by atoms with Gasteiger partial charge < -0.3 is 5.32 Å². The summed E-state index contributed by atoms with van der Waals surface area (Å²) in [5, 5.41) is 10.0. The Morgan fingerprint density at radius 3 is 3.00 bits per heavy atom. The maximum Gasteiger partial charge on any atom is 0.237 e. The van der Waals surface area contributed by atoms with Crippen LogP contribution in [-0.2, 0) is 18.4 Å². The van der Waals surface area contributed by atoms with Gasteiger partial charge in [-0.25, -0.2) is 4.98 Å². The lowest BCUT2D eigenvalue weighted by atomic mass is 10.3. The number of amides is 1. The van der Waals surface area contributed by atoms with Crippen molar-refractivity contribution in [2.75, 3.05) is 0 Å². The summed E-state index contributed by atoms with van der Waals surface area (Å²) in [6.07, 6.45) is 3.73. The lowest BCUT2D eigenvalue weighted by molar-refractivity contribution is -0.122. The Kier molecular flexibility index (Phi) is 3.19. The molecule has 1 heterocycles. The van der Waals surface area contributed by atoms with Crippen molar-refractivity contribution in [1.29, 1.82) is 0 Å². The second-order valence-corrected chi connectivity index (χ2v) is 4.19. The molecule has 16 heavy (non-hydrogen) atoms. The summed E-state index contributed by atoms with van der Waals surface area (Å²) >= 11 is 0. The van der Waals surface area contributed by atoms with Crippen molar-refractivity contribution < 1.29 is 4.79 Å². The molecule has 0 aliphatic heterocycles. The summed E-state index contributed by atoms with van der Waals surface area (Å²) < 4.78 is 1.69. The Balaban J connectivity index is 1.76. The van der Waals surface area contributed by atoms with Crippen LogP contribution in [0.3, 0.4) is 0 Å². The molecule has 0 spiro atoms. The summed E-state index contributed by atoms with van der Waals surface area (Å²) in [5.74, 6) is 0.885. The van der Waals surface area contributed by atoms with E-state index in [1.807, 2.05) is 14.0 Å². The van der Waals surface area contributed by atoms with Crippen molar-refractivity contribution in [3.63, 3.8) is 0 Å². The van der Waals surface area contributed by atoms with Gasteiger partial charge in [-0.05, 0) is 19.8 Å². The molecule has 1 saturated carbocycles. The highest BCUT2D eigenvalue weighted by Gasteiger charge is 2.25. The first-order valence-electron chi connectivity index (χ1n) is 5.53. The van der Waals surface area contributed by atoms with E-state index in [0.29, 0.717) is 12.6 Å². The average molecular weight is 223 g/mol. The van der Waals surface area contributed by atoms with Crippen LogP contribution in [-0.4, -0.2) is 32.8 Å². The van der Waals surface area contributed by atoms with Crippen LogP contribution in [0, 0.1) is 0 Å². The van der Waals surface area contributed by atoms with Gasteiger partial charge in [-0.2, -0.15) is 5.10 Å². The van der Waals surface area contributed by atoms with Crippen molar-refractivity contribution in [1.82, 2.24) is 25.4 Å². The normalized spacial score (nSPS) is 17.1. The SMILES string of the molecule is CC(NCc1ncnn1C)C(=O)NC1CC1. The molecule has 1 unspecified atom stereocenters. The molecule has 6 nitrogen and oxygen atoms in total. The molecule has 1 atom stereocenters. The van der Waals surface area contributed by atoms with Crippen LogP contribution in [0.1, 0.15) is 25.6 Å². The first-order valence-corrected chi connectivity index (χ1v) is 5.53. The molecule has 1 aliphatic carbocycles. The molecule has 0 bridgehead atoms. The van der Waals surface area contributed by atoms with E-state index >= 15 is 0 Å². The van der Waals surface area contributed by atoms with Crippen LogP contribution < -0.4 is 10.6 Å². The smallest absolute Gasteiger partial charge is 0.237 e. The van der Waals surface area contributed by atoms with E-state index in [1.165, 1.54) is 6.33 Å². The zero-order valence-electron chi connectivity index (χ0n) is 9.60. The highest BCUT2D eigenvalue weighted by Crippen LogP contribution is 2.18. The fraction of sp³-hybridized carbons (Fsp3) is 0.700. The summed E-state index contributed by atoms with van der Waals surface area (Å²) in [6.45, 7) is 2.41. The predicted molar refractivity (Wildman–Crippen MR) is 58.5 cm³/mol. The lowest BCUT2D eigenvalue weighted by Crippen LogP contribution is -2.42. The van der Waals surface area contributed by atoms with Crippen molar-refractivity contribution in [2.45, 2.75) is 38.4 Å². The molecule has 88 valence electrons. The summed E-state index contributed by atoms with van der Waals surface area (Å²) in [6, 6.07) is 0.212. The van der Waals surface area contributed by atoms with Crippen molar-refractivity contribution in [3.8, 4) is 0 Å². The van der Waals surface area contributed by atoms with Gasteiger partial charge in [0.05, 0.1) is 12.6 Å². The van der Waals surface area contributed by atoms with E-state index in [9.17, 15) is 4.79 Å². The molecule has 1 amide bonds. The fourth-order valence-electron chi connectivity index (χ4n) is 1.37. The van der Waals surface area contributed by atoms with E-state index in [4.69, 9.17) is 0 Å². The standard InChI is InChI=1S/C10H17N5O/c1-7(10(16)14-8-3-4-8)11-5-9-12-6-13-15(9)2/h6-8,11H,3-5H2,1-2H3,(H,14,16). The number of carbonyl (C=O) groups is 1. The highest BCUT2D eigenvalue weighted by atomic mass is 16.2. The van der Waals surface area contributed by atoms with Gasteiger partial charge in [0.25, 0.3) is 0 Å². The third-order valence-electron chi connectivity index (χ3n) is 2.69. The third kappa shape index (κ3) is 2.79. The number of aromatic nitrogens is 3. The fourth-order valence-corrected chi connectivity index (χ4v) is 1.37. The van der Waals surface area contributed by atoms with E-state index in [-0.39, 0.29) is 11.9 Å². The molecule has 1 aromatic rings. The molecule has 2 N–H and O–H groups in total. The first-order chi connectivity index (χ1) is 7.66. The molecule has 0 radical (unpaired) electrons. The maximum atomic E-state index is 11.6. The van der Waals surface area contributed by atoms with Gasteiger partial charge in [0.1, 0.15) is 12.2 Å². The number of aryl methyl sites for hydroxylation is 1. The summed E-state index contributed by atoms with van der Waals surface area (Å²) in [4.78, 5) is 15.7. The van der Waals surface area contributed by atoms with Gasteiger partial charge in [0, 0.05) is 13.1 Å². The van der Waals surface area contributed by atoms with Crippen molar-refractivity contribution in [3.05, 3.63) is 12.2 Å². The Morgan fingerprint density at radius 1 is 1.69 bits per heavy atom. The quantitative estimate of drug-likeness (QED) is 0.710. The third-order valence-corrected chi connectivity index (χ3v) is 2.69. The Labute approximate surface area is 94.4 Å². The number of rotatable bonds is 5. The van der Waals surface area contributed by atoms with Crippen LogP contribution in [0.5, 0.6) is 0 Å². The highest BCUT2D eigenvalue weighted by molar-refractivity contribution is 5.81. The molecule has 0 saturated heterocycles. The van der Waals surface area contributed by atoms with Crippen LogP contribution in [0.25, 0.3) is 0 Å². The monoisotopic (exact) mass is 223 g/mol. The molecule has 1 aromatic heterocycles. The van der Waals surface area contributed by atoms with Crippen LogP contribution in [0.15, 0.2) is 6.33 Å². The van der Waals surface area contributed by atoms with E-state index < -0.39 is 0 Å². The van der Waals surface area contributed by atoms with E-state index in [2.05, 4.69) is 20.7 Å². The minimum Gasteiger partial charge on any atom is -0.352 e. The van der Waals surface area contributed by atoms with Gasteiger partial charge in [-0.1, -0.05) is 0 Å². The molecule has 2 rings (SSSR count). The van der Waals surface area contributed by atoms with Crippen molar-refractivity contribution in [2.24, 2.45) is 7.05 Å². The van der Waals surface area contributed by atoms with Gasteiger partial charge in [-0.3, -0.25) is 14.8 Å². The maximum absolute atomic E-state index is 11.6. The van der Waals surface area contributed by atoms with E-state index in [0.717, 1.165) is 18.7 Å². The first kappa shape index (κ1) is 11.1. The zero-order chi connectivity index (χ0) is 11.5. The Hall–Kier alpha value is -1.43. The molecular formula is C10H17N5O. The Bertz CT molecular complexity index is 371. The number of nitrogens with one attached hydrogen (secondary N) is 2. The van der Waals surface area contributed by atoms with E-state index in [1.54, 1.807) is 4.68 Å². The zero-order valence-corrected chi connectivity index (χ0v) is 9.60. The lowest BCUT2D eigenvalue weighted by Gasteiger charge is -2.13. The van der Waals surface area contributed by atoms with Gasteiger partial charge >= 0.3 is 0 Å². The summed E-state index contributed by atoms with van der Waals surface area (Å²) in [5.41, 5.74) is 0. The number of carbonyl (C=O) groups excluding carboxylic acids is 1. The molecule has 6 heteroatoms. The second kappa shape index (κ2) is 4.61. The minimum absolute atomic E-state index is 0.0599.